The lowest BCUT2D eigenvalue weighted by molar-refractivity contribution is 0.112. The fraction of sp³-hybridized carbons (Fsp3) is 0. The molecule has 2 aromatic heterocycles. The molecule has 0 aliphatic carbocycles. The largest absolute Gasteiger partial charge is 0.355 e. The Hall–Kier alpha value is -2.13. The summed E-state index contributed by atoms with van der Waals surface area (Å²) in [5.41, 5.74) is 2.24. The van der Waals surface area contributed by atoms with E-state index in [-0.39, 0.29) is 0 Å². The van der Waals surface area contributed by atoms with Crippen molar-refractivity contribution in [1.82, 2.24) is 4.98 Å². The molecule has 0 aliphatic rings. The van der Waals surface area contributed by atoms with Gasteiger partial charge in [0, 0.05) is 11.2 Å². The van der Waals surface area contributed by atoms with E-state index in [1.165, 1.54) is 22.2 Å². The third-order valence-electron chi connectivity index (χ3n) is 2.43. The molecular weight excluding hydrogens is 242 g/mol. The molecule has 18 heavy (non-hydrogen) atoms. The standard InChI is InChI=1S/C10H9N.C5H4OS/c1-2-9-7-8-5-3-4-6-10(8)11-9;6-4-5-2-1-3-7-5/h2-7,11H,1H2;1-4H. The monoisotopic (exact) mass is 255 g/mol. The number of rotatable bonds is 2. The molecule has 3 rings (SSSR count). The van der Waals surface area contributed by atoms with Crippen molar-refractivity contribution < 1.29 is 4.79 Å². The molecule has 0 saturated heterocycles. The van der Waals surface area contributed by atoms with Crippen molar-refractivity contribution in [2.75, 3.05) is 0 Å². The van der Waals surface area contributed by atoms with E-state index in [1.54, 1.807) is 6.07 Å². The number of H-pyrrole nitrogens is 1. The van der Waals surface area contributed by atoms with Gasteiger partial charge in [0.2, 0.25) is 0 Å². The number of para-hydroxylation sites is 1. The van der Waals surface area contributed by atoms with Crippen molar-refractivity contribution in [3.63, 3.8) is 0 Å². The quantitative estimate of drug-likeness (QED) is 0.677. The maximum Gasteiger partial charge on any atom is 0.159 e. The van der Waals surface area contributed by atoms with Gasteiger partial charge in [-0.05, 0) is 35.0 Å². The Balaban J connectivity index is 0.000000149. The molecule has 0 spiro atoms. The van der Waals surface area contributed by atoms with E-state index in [9.17, 15) is 4.79 Å². The van der Waals surface area contributed by atoms with E-state index < -0.39 is 0 Å². The second-order valence-corrected chi connectivity index (χ2v) is 4.63. The zero-order chi connectivity index (χ0) is 12.8. The van der Waals surface area contributed by atoms with Crippen LogP contribution in [0.4, 0.5) is 0 Å². The number of nitrogens with one attached hydrogen (secondary N) is 1. The lowest BCUT2D eigenvalue weighted by Crippen LogP contribution is -1.65. The molecule has 90 valence electrons. The van der Waals surface area contributed by atoms with Gasteiger partial charge in [-0.3, -0.25) is 4.79 Å². The zero-order valence-corrected chi connectivity index (χ0v) is 10.6. The topological polar surface area (TPSA) is 32.9 Å². The molecule has 1 N–H and O–H groups in total. The summed E-state index contributed by atoms with van der Waals surface area (Å²) in [7, 11) is 0. The molecule has 0 bridgehead atoms. The van der Waals surface area contributed by atoms with Crippen LogP contribution in [0.5, 0.6) is 0 Å². The van der Waals surface area contributed by atoms with Crippen LogP contribution in [0.15, 0.2) is 54.4 Å². The predicted molar refractivity (Wildman–Crippen MR) is 78.1 cm³/mol. The first-order valence-electron chi connectivity index (χ1n) is 5.52. The number of aldehydes is 1. The highest BCUT2D eigenvalue weighted by Crippen LogP contribution is 2.14. The summed E-state index contributed by atoms with van der Waals surface area (Å²) >= 11 is 1.45. The fourth-order valence-corrected chi connectivity index (χ4v) is 2.09. The van der Waals surface area contributed by atoms with Crippen molar-refractivity contribution in [1.29, 1.82) is 0 Å². The number of aromatic nitrogens is 1. The molecule has 2 heterocycles. The van der Waals surface area contributed by atoms with E-state index in [1.807, 2.05) is 29.7 Å². The molecule has 0 atom stereocenters. The van der Waals surface area contributed by atoms with Crippen molar-refractivity contribution in [3.05, 3.63) is 65.0 Å². The molecule has 3 aromatic rings. The van der Waals surface area contributed by atoms with E-state index in [0.29, 0.717) is 0 Å². The Morgan fingerprint density at radius 2 is 2.00 bits per heavy atom. The molecule has 0 radical (unpaired) electrons. The van der Waals surface area contributed by atoms with Crippen molar-refractivity contribution in [2.24, 2.45) is 0 Å². The molecule has 1 aromatic carbocycles. The van der Waals surface area contributed by atoms with Gasteiger partial charge in [0.05, 0.1) is 4.88 Å². The third kappa shape index (κ3) is 2.96. The van der Waals surface area contributed by atoms with Gasteiger partial charge in [0.1, 0.15) is 0 Å². The van der Waals surface area contributed by atoms with E-state index >= 15 is 0 Å². The fourth-order valence-electron chi connectivity index (χ4n) is 1.56. The van der Waals surface area contributed by atoms with Gasteiger partial charge < -0.3 is 4.98 Å². The van der Waals surface area contributed by atoms with Gasteiger partial charge in [0.25, 0.3) is 0 Å². The Bertz CT molecular complexity index is 604. The highest BCUT2D eigenvalue weighted by atomic mass is 32.1. The Morgan fingerprint density at radius 1 is 1.17 bits per heavy atom. The number of hydrogen-bond acceptors (Lipinski definition) is 2. The Kier molecular flexibility index (Phi) is 4.10. The van der Waals surface area contributed by atoms with Crippen LogP contribution < -0.4 is 0 Å². The van der Waals surface area contributed by atoms with Crippen molar-refractivity contribution in [3.8, 4) is 0 Å². The zero-order valence-electron chi connectivity index (χ0n) is 9.80. The van der Waals surface area contributed by atoms with Crippen LogP contribution in [0, 0.1) is 0 Å². The highest BCUT2D eigenvalue weighted by molar-refractivity contribution is 7.11. The SMILES string of the molecule is C=Cc1cc2ccccc2[nH]1.O=Cc1cccs1. The van der Waals surface area contributed by atoms with E-state index in [0.717, 1.165) is 16.9 Å². The van der Waals surface area contributed by atoms with Crippen LogP contribution >= 0.6 is 11.3 Å². The summed E-state index contributed by atoms with van der Waals surface area (Å²) in [5.74, 6) is 0. The molecule has 0 amide bonds. The molecule has 2 nitrogen and oxygen atoms in total. The third-order valence-corrected chi connectivity index (χ3v) is 3.23. The number of carbonyl (C=O) groups excluding carboxylic acids is 1. The first kappa shape index (κ1) is 12.3. The average molecular weight is 255 g/mol. The number of hydrogen-bond donors (Lipinski definition) is 1. The van der Waals surface area contributed by atoms with Crippen molar-refractivity contribution >= 4 is 34.6 Å². The number of fused-ring (bicyclic) bond motifs is 1. The second kappa shape index (κ2) is 5.98. The minimum Gasteiger partial charge on any atom is -0.355 e. The number of carbonyl (C=O) groups is 1. The van der Waals surface area contributed by atoms with Gasteiger partial charge in [-0.25, -0.2) is 0 Å². The number of aromatic amines is 1. The Morgan fingerprint density at radius 3 is 2.56 bits per heavy atom. The molecular formula is C15H13NOS. The lowest BCUT2D eigenvalue weighted by atomic mass is 10.2. The van der Waals surface area contributed by atoms with Gasteiger partial charge in [-0.2, -0.15) is 0 Å². The summed E-state index contributed by atoms with van der Waals surface area (Å²) in [6, 6.07) is 13.9. The lowest BCUT2D eigenvalue weighted by Gasteiger charge is -1.83. The first-order chi connectivity index (χ1) is 8.83. The summed E-state index contributed by atoms with van der Waals surface area (Å²) in [6.45, 7) is 3.69. The van der Waals surface area contributed by atoms with Crippen LogP contribution in [0.3, 0.4) is 0 Å². The van der Waals surface area contributed by atoms with Crippen LogP contribution in [0.1, 0.15) is 15.4 Å². The summed E-state index contributed by atoms with van der Waals surface area (Å²) in [4.78, 5) is 13.9. The number of thiophene rings is 1. The molecule has 0 aliphatic heterocycles. The summed E-state index contributed by atoms with van der Waals surface area (Å²) in [5, 5.41) is 3.12. The molecule has 0 unspecified atom stereocenters. The smallest absolute Gasteiger partial charge is 0.159 e. The van der Waals surface area contributed by atoms with Gasteiger partial charge in [-0.15, -0.1) is 11.3 Å². The first-order valence-corrected chi connectivity index (χ1v) is 6.40. The average Bonchev–Trinajstić information content (AvgIpc) is 3.07. The van der Waals surface area contributed by atoms with Gasteiger partial charge in [-0.1, -0.05) is 30.8 Å². The minimum absolute atomic E-state index is 0.792. The van der Waals surface area contributed by atoms with E-state index in [4.69, 9.17) is 0 Å². The minimum atomic E-state index is 0.792. The summed E-state index contributed by atoms with van der Waals surface area (Å²) < 4.78 is 0. The van der Waals surface area contributed by atoms with Crippen LogP contribution in [0.2, 0.25) is 0 Å². The molecule has 0 fully saturated rings. The second-order valence-electron chi connectivity index (χ2n) is 3.65. The number of benzene rings is 1. The molecule has 3 heteroatoms. The maximum atomic E-state index is 9.88. The van der Waals surface area contributed by atoms with E-state index in [2.05, 4.69) is 29.8 Å². The van der Waals surface area contributed by atoms with Gasteiger partial charge >= 0.3 is 0 Å². The maximum absolute atomic E-state index is 9.88. The van der Waals surface area contributed by atoms with Crippen LogP contribution in [-0.4, -0.2) is 11.3 Å². The van der Waals surface area contributed by atoms with Crippen LogP contribution in [-0.2, 0) is 0 Å². The van der Waals surface area contributed by atoms with Crippen molar-refractivity contribution in [2.45, 2.75) is 0 Å². The highest BCUT2D eigenvalue weighted by Gasteiger charge is 1.93. The predicted octanol–water partition coefficient (Wildman–Crippen LogP) is 4.37. The van der Waals surface area contributed by atoms with Gasteiger partial charge in [0.15, 0.2) is 6.29 Å². The molecule has 0 saturated carbocycles. The summed E-state index contributed by atoms with van der Waals surface area (Å²) in [6.07, 6.45) is 2.67. The Labute approximate surface area is 110 Å². The normalized spacial score (nSPS) is 9.56. The van der Waals surface area contributed by atoms with Crippen LogP contribution in [0.25, 0.3) is 17.0 Å².